The average Bonchev–Trinajstić information content (AvgIpc) is 3.95. The van der Waals surface area contributed by atoms with Crippen LogP contribution in [0.25, 0.3) is 0 Å². The van der Waals surface area contributed by atoms with Crippen molar-refractivity contribution in [3.63, 3.8) is 0 Å². The van der Waals surface area contributed by atoms with Crippen molar-refractivity contribution in [3.05, 3.63) is 71.8 Å². The molecule has 0 aromatic heterocycles. The molecule has 2 fully saturated rings. The van der Waals surface area contributed by atoms with Crippen molar-refractivity contribution in [1.29, 1.82) is 0 Å². The Hall–Kier alpha value is -5.10. The maximum atomic E-state index is 15.0. The molecule has 1 unspecified atom stereocenters. The highest BCUT2D eigenvalue weighted by atomic mass is 16.6. The van der Waals surface area contributed by atoms with Gasteiger partial charge in [0, 0.05) is 25.9 Å². The Labute approximate surface area is 342 Å². The molecular weight excluding hydrogens is 739 g/mol. The monoisotopic (exact) mass is 799 g/mol. The lowest BCUT2D eigenvalue weighted by molar-refractivity contribution is -0.142. The zero-order valence-electron chi connectivity index (χ0n) is 34.4. The maximum absolute atomic E-state index is 15.0. The Morgan fingerprint density at radius 3 is 2.16 bits per heavy atom. The van der Waals surface area contributed by atoms with Gasteiger partial charge >= 0.3 is 0 Å². The van der Waals surface area contributed by atoms with Crippen LogP contribution in [0.15, 0.2) is 65.8 Å². The average molecular weight is 800 g/mol. The summed E-state index contributed by atoms with van der Waals surface area (Å²) in [4.78, 5) is 71.6. The molecule has 4 rings (SSSR count). The molecule has 0 bridgehead atoms. The second-order valence-electron chi connectivity index (χ2n) is 15.8. The number of morpholine rings is 1. The van der Waals surface area contributed by atoms with Crippen LogP contribution in [-0.4, -0.2) is 103 Å². The van der Waals surface area contributed by atoms with Gasteiger partial charge in [-0.2, -0.15) is 5.10 Å². The Morgan fingerprint density at radius 1 is 0.948 bits per heavy atom. The first-order valence-corrected chi connectivity index (χ1v) is 20.3. The molecule has 58 heavy (non-hydrogen) atoms. The molecule has 6 N–H and O–H groups in total. The number of hydrogen-bond acceptors (Lipinski definition) is 9. The molecule has 2 aromatic rings. The summed E-state index contributed by atoms with van der Waals surface area (Å²) < 4.78 is 11.2. The molecule has 14 heteroatoms. The van der Waals surface area contributed by atoms with Crippen molar-refractivity contribution < 1.29 is 33.4 Å². The van der Waals surface area contributed by atoms with Crippen LogP contribution >= 0.6 is 0 Å². The number of ether oxygens (including phenoxy) is 2. The summed E-state index contributed by atoms with van der Waals surface area (Å²) in [7, 11) is 0. The van der Waals surface area contributed by atoms with Gasteiger partial charge in [0.15, 0.2) is 0 Å². The van der Waals surface area contributed by atoms with E-state index in [1.807, 2.05) is 93.3 Å². The highest BCUT2D eigenvalue weighted by Gasteiger charge is 2.52. The summed E-state index contributed by atoms with van der Waals surface area (Å²) >= 11 is 0. The number of nitrogens with two attached hydrogens (primary N) is 1. The first kappa shape index (κ1) is 45.6. The number of primary amides is 1. The lowest BCUT2D eigenvalue weighted by Crippen LogP contribution is -2.68. The molecule has 2 aliphatic heterocycles. The number of amides is 5. The molecule has 0 radical (unpaired) electrons. The lowest BCUT2D eigenvalue weighted by Gasteiger charge is -2.40. The fourth-order valence-electron chi connectivity index (χ4n) is 7.32. The van der Waals surface area contributed by atoms with E-state index in [0.29, 0.717) is 57.9 Å². The lowest BCUT2D eigenvalue weighted by atomic mass is 9.74. The number of aryl methyl sites for hydroxylation is 1. The normalized spacial score (nSPS) is 19.4. The second kappa shape index (κ2) is 22.2. The van der Waals surface area contributed by atoms with Gasteiger partial charge in [0.05, 0.1) is 44.0 Å². The van der Waals surface area contributed by atoms with Crippen LogP contribution in [0.5, 0.6) is 0 Å². The largest absolute Gasteiger partial charge is 0.379 e. The van der Waals surface area contributed by atoms with Crippen LogP contribution in [0.1, 0.15) is 77.3 Å². The number of rotatable bonds is 23. The molecule has 5 amide bonds. The molecule has 2 heterocycles. The fourth-order valence-corrected chi connectivity index (χ4v) is 7.32. The van der Waals surface area contributed by atoms with Gasteiger partial charge in [0.25, 0.3) is 0 Å². The third-order valence-corrected chi connectivity index (χ3v) is 10.6. The maximum Gasteiger partial charge on any atom is 0.244 e. The number of nitrogens with zero attached hydrogens (tertiary/aromatic N) is 2. The van der Waals surface area contributed by atoms with Crippen molar-refractivity contribution in [2.24, 2.45) is 22.7 Å². The minimum absolute atomic E-state index is 0.0357. The standard InChI is InChI=1S/C44H61N7O7/c1-6-8-19-37(52)49-50-39(43(5)30-58-43)36(27-31(3)4)47-40(54)34(28-33-17-13-10-14-18-33)44(22-7-2,42(45)56)48-41(55)35(21-20-32-15-11-9-12-16-32)46-38(53)29-51-23-25-57-26-24-51/h1,9-18,31,34-36H,7-8,19-30H2,2-5H3,(H2,45,56)(H,46,53)(H,47,54)(H,48,55)(H,49,52)/b50-39-/t34-,35+,36+,43-,44?/m1/s1. The van der Waals surface area contributed by atoms with Crippen molar-refractivity contribution >= 4 is 35.2 Å². The van der Waals surface area contributed by atoms with Gasteiger partial charge in [-0.1, -0.05) is 87.9 Å². The molecule has 5 atom stereocenters. The first-order chi connectivity index (χ1) is 27.8. The third-order valence-electron chi connectivity index (χ3n) is 10.6. The Kier molecular flexibility index (Phi) is 17.4. The summed E-state index contributed by atoms with van der Waals surface area (Å²) in [5.74, 6) is -1.48. The quantitative estimate of drug-likeness (QED) is 0.0490. The smallest absolute Gasteiger partial charge is 0.244 e. The Balaban J connectivity index is 1.72. The van der Waals surface area contributed by atoms with E-state index in [1.165, 1.54) is 0 Å². The van der Waals surface area contributed by atoms with Crippen LogP contribution in [-0.2, 0) is 46.3 Å². The summed E-state index contributed by atoms with van der Waals surface area (Å²) in [6.45, 7) is 10.2. The minimum atomic E-state index is -1.88. The van der Waals surface area contributed by atoms with Crippen LogP contribution in [0.3, 0.4) is 0 Å². The van der Waals surface area contributed by atoms with E-state index in [0.717, 1.165) is 11.1 Å². The third kappa shape index (κ3) is 13.5. The molecule has 0 spiro atoms. The van der Waals surface area contributed by atoms with Gasteiger partial charge in [-0.3, -0.25) is 28.9 Å². The SMILES string of the molecule is C#CCCC(=O)N/N=C(/[C@H](CC(C)C)NC(=O)[C@@H](Cc1ccccc1)C(CCC)(NC(=O)[C@H](CCc1ccccc1)NC(=O)CN1CCOCC1)C(N)=O)[C@@]1(C)CO1. The van der Waals surface area contributed by atoms with Crippen LogP contribution < -0.4 is 27.1 Å². The molecule has 14 nitrogen and oxygen atoms in total. The Bertz CT molecular complexity index is 1750. The number of carbonyl (C=O) groups excluding carboxylic acids is 5. The van der Waals surface area contributed by atoms with E-state index >= 15 is 0 Å². The topological polar surface area (TPSA) is 197 Å². The number of hydrazone groups is 1. The van der Waals surface area contributed by atoms with Gasteiger partial charge in [0.1, 0.15) is 17.2 Å². The summed E-state index contributed by atoms with van der Waals surface area (Å²) in [6.07, 6.45) is 7.24. The van der Waals surface area contributed by atoms with E-state index < -0.39 is 46.9 Å². The predicted octanol–water partition coefficient (Wildman–Crippen LogP) is 2.64. The summed E-state index contributed by atoms with van der Waals surface area (Å²) in [5.41, 5.74) is 8.28. The van der Waals surface area contributed by atoms with Crippen LogP contribution in [0.4, 0.5) is 0 Å². The second-order valence-corrected chi connectivity index (χ2v) is 15.8. The molecule has 0 saturated carbocycles. The summed E-state index contributed by atoms with van der Waals surface area (Å²) in [6, 6.07) is 17.0. The zero-order chi connectivity index (χ0) is 42.1. The van der Waals surface area contributed by atoms with E-state index in [9.17, 15) is 24.0 Å². The van der Waals surface area contributed by atoms with E-state index in [2.05, 4.69) is 32.4 Å². The highest BCUT2D eigenvalue weighted by Crippen LogP contribution is 2.33. The van der Waals surface area contributed by atoms with Gasteiger partial charge in [-0.25, -0.2) is 5.43 Å². The molecular formula is C44H61N7O7. The van der Waals surface area contributed by atoms with Gasteiger partial charge in [-0.15, -0.1) is 12.3 Å². The van der Waals surface area contributed by atoms with E-state index in [4.69, 9.17) is 21.6 Å². The number of epoxide rings is 1. The van der Waals surface area contributed by atoms with Crippen molar-refractivity contribution in [2.45, 2.75) is 102 Å². The first-order valence-electron chi connectivity index (χ1n) is 20.3. The number of carbonyl (C=O) groups is 5. The van der Waals surface area contributed by atoms with E-state index in [1.54, 1.807) is 0 Å². The van der Waals surface area contributed by atoms with Gasteiger partial charge in [-0.05, 0) is 56.1 Å². The van der Waals surface area contributed by atoms with Crippen molar-refractivity contribution in [3.8, 4) is 12.3 Å². The number of nitrogens with one attached hydrogen (secondary N) is 4. The van der Waals surface area contributed by atoms with Crippen LogP contribution in [0, 0.1) is 24.2 Å². The summed E-state index contributed by atoms with van der Waals surface area (Å²) in [5, 5.41) is 13.5. The number of hydrogen-bond donors (Lipinski definition) is 5. The molecule has 2 aliphatic rings. The number of benzene rings is 2. The van der Waals surface area contributed by atoms with Crippen molar-refractivity contribution in [1.82, 2.24) is 26.3 Å². The molecule has 2 saturated heterocycles. The van der Waals surface area contributed by atoms with Crippen LogP contribution in [0.2, 0.25) is 0 Å². The number of terminal acetylenes is 1. The predicted molar refractivity (Wildman–Crippen MR) is 222 cm³/mol. The highest BCUT2D eigenvalue weighted by molar-refractivity contribution is 6.03. The molecule has 0 aliphatic carbocycles. The zero-order valence-corrected chi connectivity index (χ0v) is 34.4. The molecule has 2 aromatic carbocycles. The minimum Gasteiger partial charge on any atom is -0.379 e. The van der Waals surface area contributed by atoms with Gasteiger partial charge < -0.3 is 31.2 Å². The fraction of sp³-hybridized carbons (Fsp3) is 0.545. The molecule has 314 valence electrons. The van der Waals surface area contributed by atoms with Crippen molar-refractivity contribution in [2.75, 3.05) is 39.5 Å². The van der Waals surface area contributed by atoms with Gasteiger partial charge in [0.2, 0.25) is 29.5 Å². The Morgan fingerprint density at radius 2 is 1.59 bits per heavy atom. The van der Waals surface area contributed by atoms with E-state index in [-0.39, 0.29) is 56.4 Å².